The van der Waals surface area contributed by atoms with Gasteiger partial charge < -0.3 is 14.2 Å². The van der Waals surface area contributed by atoms with Crippen LogP contribution in [0.5, 0.6) is 0 Å². The summed E-state index contributed by atoms with van der Waals surface area (Å²) in [6.45, 7) is 3.60. The Kier molecular flexibility index (Phi) is 1.25. The maximum absolute atomic E-state index is 11.8. The highest BCUT2D eigenvalue weighted by Gasteiger charge is 2.84. The molecular weight excluding hydrogens is 212 g/mol. The molecule has 0 radical (unpaired) electrons. The average Bonchev–Trinajstić information content (AvgIpc) is 3.08. The van der Waals surface area contributed by atoms with E-state index in [0.29, 0.717) is 6.42 Å². The molecule has 3 saturated heterocycles. The second-order valence-corrected chi connectivity index (χ2v) is 5.43. The first-order valence-electron chi connectivity index (χ1n) is 5.59. The van der Waals surface area contributed by atoms with Crippen molar-refractivity contribution in [2.75, 3.05) is 0 Å². The van der Waals surface area contributed by atoms with Crippen LogP contribution in [0.1, 0.15) is 20.3 Å². The third kappa shape index (κ3) is 0.758. The van der Waals surface area contributed by atoms with E-state index in [1.165, 1.54) is 0 Å². The number of fused-ring (bicyclic) bond motifs is 4. The van der Waals surface area contributed by atoms with Crippen molar-refractivity contribution in [1.29, 1.82) is 0 Å². The summed E-state index contributed by atoms with van der Waals surface area (Å²) >= 11 is 0. The van der Waals surface area contributed by atoms with Crippen molar-refractivity contribution < 1.29 is 23.8 Å². The van der Waals surface area contributed by atoms with Crippen LogP contribution in [0.3, 0.4) is 0 Å². The van der Waals surface area contributed by atoms with Crippen LogP contribution >= 0.6 is 0 Å². The SMILES string of the molecule is C[C@@H]1C[C@@]2(OC1=O)C1OC1C(=O)C1(C)OC12. The lowest BCUT2D eigenvalue weighted by molar-refractivity contribution is -0.154. The van der Waals surface area contributed by atoms with E-state index in [-0.39, 0.29) is 29.9 Å². The molecular formula is C11H12O5. The van der Waals surface area contributed by atoms with Gasteiger partial charge in [0, 0.05) is 6.42 Å². The van der Waals surface area contributed by atoms with E-state index < -0.39 is 17.3 Å². The highest BCUT2D eigenvalue weighted by atomic mass is 16.7. The van der Waals surface area contributed by atoms with Gasteiger partial charge in [0.25, 0.3) is 0 Å². The highest BCUT2D eigenvalue weighted by molar-refractivity contribution is 5.99. The first-order chi connectivity index (χ1) is 7.49. The van der Waals surface area contributed by atoms with Crippen molar-refractivity contribution in [3.05, 3.63) is 0 Å². The molecule has 0 amide bonds. The number of Topliss-reactive ketones (excluding diaryl/α,β-unsaturated/α-hetero) is 1. The van der Waals surface area contributed by atoms with Gasteiger partial charge in [-0.25, -0.2) is 0 Å². The highest BCUT2D eigenvalue weighted by Crippen LogP contribution is 2.62. The van der Waals surface area contributed by atoms with Gasteiger partial charge in [-0.2, -0.15) is 0 Å². The predicted molar refractivity (Wildman–Crippen MR) is 49.6 cm³/mol. The van der Waals surface area contributed by atoms with Gasteiger partial charge in [0.1, 0.15) is 18.3 Å². The van der Waals surface area contributed by atoms with Gasteiger partial charge in [-0.1, -0.05) is 6.92 Å². The molecule has 86 valence electrons. The normalized spacial score (nSPS) is 61.6. The Hall–Kier alpha value is -0.940. The number of rotatable bonds is 0. The van der Waals surface area contributed by atoms with E-state index in [4.69, 9.17) is 14.2 Å². The lowest BCUT2D eigenvalue weighted by atomic mass is 9.75. The summed E-state index contributed by atoms with van der Waals surface area (Å²) in [5.41, 5.74) is -1.47. The number of carbonyl (C=O) groups excluding carboxylic acids is 2. The molecule has 0 N–H and O–H groups in total. The van der Waals surface area contributed by atoms with E-state index in [1.54, 1.807) is 6.92 Å². The van der Waals surface area contributed by atoms with Gasteiger partial charge in [-0.15, -0.1) is 0 Å². The molecule has 0 aromatic heterocycles. The Labute approximate surface area is 92.0 Å². The molecule has 4 unspecified atom stereocenters. The summed E-state index contributed by atoms with van der Waals surface area (Å²) in [7, 11) is 0. The lowest BCUT2D eigenvalue weighted by Gasteiger charge is -2.27. The Morgan fingerprint density at radius 1 is 1.38 bits per heavy atom. The molecule has 5 heteroatoms. The topological polar surface area (TPSA) is 68.4 Å². The van der Waals surface area contributed by atoms with Gasteiger partial charge in [-0.05, 0) is 6.92 Å². The molecule has 3 heterocycles. The molecule has 16 heavy (non-hydrogen) atoms. The van der Waals surface area contributed by atoms with Crippen molar-refractivity contribution >= 4 is 11.8 Å². The summed E-state index contributed by atoms with van der Waals surface area (Å²) in [6.07, 6.45) is -0.387. The summed E-state index contributed by atoms with van der Waals surface area (Å²) < 4.78 is 16.4. The van der Waals surface area contributed by atoms with E-state index in [2.05, 4.69) is 0 Å². The second-order valence-electron chi connectivity index (χ2n) is 5.43. The van der Waals surface area contributed by atoms with E-state index >= 15 is 0 Å². The van der Waals surface area contributed by atoms with Gasteiger partial charge in [0.05, 0.1) is 5.92 Å². The fourth-order valence-electron chi connectivity index (χ4n) is 3.31. The van der Waals surface area contributed by atoms with Crippen LogP contribution in [-0.4, -0.2) is 41.3 Å². The number of ether oxygens (including phenoxy) is 3. The second kappa shape index (κ2) is 2.19. The quantitative estimate of drug-likeness (QED) is 0.421. The summed E-state index contributed by atoms with van der Waals surface area (Å²) in [6, 6.07) is 0. The van der Waals surface area contributed by atoms with Crippen molar-refractivity contribution in [2.24, 2.45) is 5.92 Å². The minimum atomic E-state index is -0.776. The van der Waals surface area contributed by atoms with Crippen LogP contribution < -0.4 is 0 Å². The Morgan fingerprint density at radius 2 is 2.12 bits per heavy atom. The van der Waals surface area contributed by atoms with E-state index in [0.717, 1.165) is 0 Å². The van der Waals surface area contributed by atoms with Gasteiger partial charge >= 0.3 is 5.97 Å². The number of esters is 1. The molecule has 1 saturated carbocycles. The molecule has 5 nitrogen and oxygen atoms in total. The molecule has 0 aromatic carbocycles. The molecule has 1 spiro atoms. The minimum absolute atomic E-state index is 0.00345. The van der Waals surface area contributed by atoms with Gasteiger partial charge in [-0.3, -0.25) is 9.59 Å². The van der Waals surface area contributed by atoms with Crippen LogP contribution in [0.15, 0.2) is 0 Å². The molecule has 1 aliphatic carbocycles. The van der Waals surface area contributed by atoms with Crippen molar-refractivity contribution in [2.45, 2.75) is 49.8 Å². The van der Waals surface area contributed by atoms with Gasteiger partial charge in [0.15, 0.2) is 17.0 Å². The molecule has 4 aliphatic rings. The Bertz CT molecular complexity index is 432. The Balaban J connectivity index is 1.77. The van der Waals surface area contributed by atoms with Crippen LogP contribution in [-0.2, 0) is 23.8 Å². The lowest BCUT2D eigenvalue weighted by Crippen LogP contribution is -2.52. The fraction of sp³-hybridized carbons (Fsp3) is 0.818. The standard InChI is InChI=1S/C11H12O5/c1-4-3-11(15-8(4)13)7-5(14-7)6(12)10(2)9(11)16-10/h4-5,7,9H,3H2,1-2H3/t4-,5?,7?,9?,10?,11-/m1/s1. The maximum Gasteiger partial charge on any atom is 0.309 e. The van der Waals surface area contributed by atoms with Crippen LogP contribution in [0.2, 0.25) is 0 Å². The third-order valence-corrected chi connectivity index (χ3v) is 4.29. The van der Waals surface area contributed by atoms with Crippen LogP contribution in [0.4, 0.5) is 0 Å². The van der Waals surface area contributed by atoms with Crippen molar-refractivity contribution in [3.8, 4) is 0 Å². The average molecular weight is 224 g/mol. The van der Waals surface area contributed by atoms with E-state index in [1.807, 2.05) is 6.92 Å². The number of hydrogen-bond acceptors (Lipinski definition) is 5. The van der Waals surface area contributed by atoms with Crippen LogP contribution in [0, 0.1) is 5.92 Å². The van der Waals surface area contributed by atoms with Crippen molar-refractivity contribution in [1.82, 2.24) is 0 Å². The number of ketones is 1. The zero-order valence-electron chi connectivity index (χ0n) is 9.06. The zero-order chi connectivity index (χ0) is 11.3. The summed E-state index contributed by atoms with van der Waals surface area (Å²) in [5, 5.41) is 0. The minimum Gasteiger partial charge on any atom is -0.453 e. The first kappa shape index (κ1) is 9.13. The Morgan fingerprint density at radius 3 is 2.75 bits per heavy atom. The van der Waals surface area contributed by atoms with Gasteiger partial charge in [0.2, 0.25) is 0 Å². The first-order valence-corrected chi connectivity index (χ1v) is 5.59. The molecule has 0 bridgehead atoms. The largest absolute Gasteiger partial charge is 0.453 e. The molecule has 3 aliphatic heterocycles. The number of hydrogen-bond donors (Lipinski definition) is 0. The summed E-state index contributed by atoms with van der Waals surface area (Å²) in [5.74, 6) is -0.336. The van der Waals surface area contributed by atoms with E-state index in [9.17, 15) is 9.59 Å². The number of carbonyl (C=O) groups is 2. The fourth-order valence-corrected chi connectivity index (χ4v) is 3.31. The predicted octanol–water partition coefficient (Wildman–Crippen LogP) is -0.184. The van der Waals surface area contributed by atoms with Crippen LogP contribution in [0.25, 0.3) is 0 Å². The smallest absolute Gasteiger partial charge is 0.309 e. The molecule has 4 fully saturated rings. The molecule has 0 aromatic rings. The summed E-state index contributed by atoms with van der Waals surface area (Å²) in [4.78, 5) is 23.4. The maximum atomic E-state index is 11.8. The molecule has 6 atom stereocenters. The number of epoxide rings is 2. The zero-order valence-corrected chi connectivity index (χ0v) is 9.06. The third-order valence-electron chi connectivity index (χ3n) is 4.29. The monoisotopic (exact) mass is 224 g/mol. The van der Waals surface area contributed by atoms with Crippen molar-refractivity contribution in [3.63, 3.8) is 0 Å². The molecule has 4 rings (SSSR count).